The summed E-state index contributed by atoms with van der Waals surface area (Å²) >= 11 is 0. The predicted molar refractivity (Wildman–Crippen MR) is 40.6 cm³/mol. The van der Waals surface area contributed by atoms with E-state index in [-0.39, 0.29) is 0 Å². The van der Waals surface area contributed by atoms with Gasteiger partial charge in [0.05, 0.1) is 12.2 Å². The molecule has 0 fully saturated rings. The molecule has 0 saturated heterocycles. The third-order valence-corrected chi connectivity index (χ3v) is 1.66. The molecular formula is C8H8N2O. The van der Waals surface area contributed by atoms with Crippen LogP contribution < -0.4 is 0 Å². The van der Waals surface area contributed by atoms with Crippen molar-refractivity contribution in [1.29, 1.82) is 0 Å². The average Bonchev–Trinajstić information content (AvgIpc) is 2.04. The summed E-state index contributed by atoms with van der Waals surface area (Å²) in [5.74, 6) is 0. The summed E-state index contributed by atoms with van der Waals surface area (Å²) in [6, 6.07) is 3.82. The van der Waals surface area contributed by atoms with Gasteiger partial charge in [-0.2, -0.15) is 0 Å². The van der Waals surface area contributed by atoms with E-state index >= 15 is 0 Å². The Morgan fingerprint density at radius 3 is 3.36 bits per heavy atom. The summed E-state index contributed by atoms with van der Waals surface area (Å²) in [5.41, 5.74) is 2.00. The standard InChI is InChI=1S/C8H8N2O/c11-10-5-3-8-7(6-10)2-1-4-9-8/h1-5,11H,6H2. The van der Waals surface area contributed by atoms with Crippen LogP contribution in [0.5, 0.6) is 0 Å². The minimum absolute atomic E-state index is 0.527. The number of nitrogens with zero attached hydrogens (tertiary/aromatic N) is 2. The molecule has 2 rings (SSSR count). The molecule has 0 aliphatic carbocycles. The van der Waals surface area contributed by atoms with Gasteiger partial charge in [-0.05, 0) is 17.7 Å². The van der Waals surface area contributed by atoms with Crippen LogP contribution in [0.1, 0.15) is 11.3 Å². The minimum Gasteiger partial charge on any atom is -0.289 e. The van der Waals surface area contributed by atoms with Gasteiger partial charge in [-0.1, -0.05) is 6.07 Å². The molecule has 1 N–H and O–H groups in total. The monoisotopic (exact) mass is 148 g/mol. The number of rotatable bonds is 0. The Balaban J connectivity index is 2.46. The lowest BCUT2D eigenvalue weighted by atomic mass is 10.1. The quantitative estimate of drug-likeness (QED) is 0.601. The fourth-order valence-corrected chi connectivity index (χ4v) is 1.12. The fourth-order valence-electron chi connectivity index (χ4n) is 1.12. The van der Waals surface area contributed by atoms with Crippen molar-refractivity contribution in [1.82, 2.24) is 10.0 Å². The number of hydroxylamine groups is 2. The van der Waals surface area contributed by atoms with Crippen LogP contribution in [-0.4, -0.2) is 15.3 Å². The second-order valence-corrected chi connectivity index (χ2v) is 2.46. The van der Waals surface area contributed by atoms with Crippen LogP contribution in [0.3, 0.4) is 0 Å². The molecule has 3 nitrogen and oxygen atoms in total. The van der Waals surface area contributed by atoms with Crippen molar-refractivity contribution in [3.63, 3.8) is 0 Å². The highest BCUT2D eigenvalue weighted by atomic mass is 16.5. The van der Waals surface area contributed by atoms with Crippen LogP contribution in [0, 0.1) is 0 Å². The van der Waals surface area contributed by atoms with Crippen LogP contribution in [0.25, 0.3) is 6.08 Å². The van der Waals surface area contributed by atoms with Gasteiger partial charge in [0.2, 0.25) is 0 Å². The number of fused-ring (bicyclic) bond motifs is 1. The van der Waals surface area contributed by atoms with Gasteiger partial charge in [0, 0.05) is 12.4 Å². The van der Waals surface area contributed by atoms with E-state index in [1.165, 1.54) is 0 Å². The van der Waals surface area contributed by atoms with Gasteiger partial charge in [-0.25, -0.2) is 0 Å². The zero-order chi connectivity index (χ0) is 7.68. The minimum atomic E-state index is 0.527. The van der Waals surface area contributed by atoms with E-state index in [0.29, 0.717) is 6.54 Å². The van der Waals surface area contributed by atoms with Crippen LogP contribution in [0.2, 0.25) is 0 Å². The average molecular weight is 148 g/mol. The molecule has 11 heavy (non-hydrogen) atoms. The third-order valence-electron chi connectivity index (χ3n) is 1.66. The first-order valence-corrected chi connectivity index (χ1v) is 3.44. The maximum atomic E-state index is 9.07. The number of pyridine rings is 1. The molecule has 56 valence electrons. The van der Waals surface area contributed by atoms with Crippen LogP contribution in [-0.2, 0) is 6.54 Å². The Hall–Kier alpha value is -1.35. The molecule has 1 aromatic rings. The van der Waals surface area contributed by atoms with E-state index < -0.39 is 0 Å². The van der Waals surface area contributed by atoms with Crippen molar-refractivity contribution in [2.75, 3.05) is 0 Å². The molecule has 0 atom stereocenters. The highest BCUT2D eigenvalue weighted by Crippen LogP contribution is 2.14. The lowest BCUT2D eigenvalue weighted by Crippen LogP contribution is -2.15. The van der Waals surface area contributed by atoms with Crippen molar-refractivity contribution < 1.29 is 5.21 Å². The van der Waals surface area contributed by atoms with E-state index in [1.54, 1.807) is 18.5 Å². The van der Waals surface area contributed by atoms with E-state index in [4.69, 9.17) is 5.21 Å². The van der Waals surface area contributed by atoms with E-state index in [2.05, 4.69) is 4.98 Å². The van der Waals surface area contributed by atoms with Gasteiger partial charge in [-0.3, -0.25) is 15.3 Å². The van der Waals surface area contributed by atoms with Crippen molar-refractivity contribution in [2.24, 2.45) is 0 Å². The van der Waals surface area contributed by atoms with Crippen molar-refractivity contribution >= 4 is 6.08 Å². The summed E-state index contributed by atoms with van der Waals surface area (Å²) in [5, 5.41) is 10.2. The van der Waals surface area contributed by atoms with Crippen LogP contribution >= 0.6 is 0 Å². The second-order valence-electron chi connectivity index (χ2n) is 2.46. The van der Waals surface area contributed by atoms with Gasteiger partial charge in [-0.15, -0.1) is 0 Å². The SMILES string of the molecule is ON1C=Cc2ncccc2C1. The van der Waals surface area contributed by atoms with Gasteiger partial charge >= 0.3 is 0 Å². The molecule has 0 aromatic carbocycles. The Kier molecular flexibility index (Phi) is 1.36. The molecule has 1 aliphatic rings. The molecule has 3 heteroatoms. The summed E-state index contributed by atoms with van der Waals surface area (Å²) in [6.45, 7) is 0.527. The highest BCUT2D eigenvalue weighted by molar-refractivity contribution is 5.50. The number of aromatic nitrogens is 1. The third kappa shape index (κ3) is 1.10. The molecule has 0 saturated carbocycles. The molecule has 2 heterocycles. The van der Waals surface area contributed by atoms with Gasteiger partial charge in [0.15, 0.2) is 0 Å². The van der Waals surface area contributed by atoms with Crippen molar-refractivity contribution in [2.45, 2.75) is 6.54 Å². The Bertz CT molecular complexity index is 296. The maximum Gasteiger partial charge on any atom is 0.0717 e. The van der Waals surface area contributed by atoms with Crippen LogP contribution in [0.4, 0.5) is 0 Å². The number of hydrogen-bond acceptors (Lipinski definition) is 3. The maximum absolute atomic E-state index is 9.07. The Morgan fingerprint density at radius 1 is 1.55 bits per heavy atom. The smallest absolute Gasteiger partial charge is 0.0717 e. The first-order chi connectivity index (χ1) is 5.36. The summed E-state index contributed by atoms with van der Waals surface area (Å²) in [7, 11) is 0. The Labute approximate surface area is 64.6 Å². The van der Waals surface area contributed by atoms with E-state index in [9.17, 15) is 0 Å². The summed E-state index contributed by atoms with van der Waals surface area (Å²) in [4.78, 5) is 4.13. The lowest BCUT2D eigenvalue weighted by Gasteiger charge is -2.17. The lowest BCUT2D eigenvalue weighted by molar-refractivity contribution is -0.0496. The molecule has 0 spiro atoms. The van der Waals surface area contributed by atoms with Gasteiger partial charge in [0.1, 0.15) is 0 Å². The fraction of sp³-hybridized carbons (Fsp3) is 0.125. The molecular weight excluding hydrogens is 140 g/mol. The highest BCUT2D eigenvalue weighted by Gasteiger charge is 2.07. The van der Waals surface area contributed by atoms with Gasteiger partial charge < -0.3 is 0 Å². The molecule has 0 radical (unpaired) electrons. The zero-order valence-corrected chi connectivity index (χ0v) is 5.94. The molecule has 1 aromatic heterocycles. The topological polar surface area (TPSA) is 36.4 Å². The van der Waals surface area contributed by atoms with E-state index in [1.807, 2.05) is 12.1 Å². The Morgan fingerprint density at radius 2 is 2.45 bits per heavy atom. The zero-order valence-electron chi connectivity index (χ0n) is 5.94. The van der Waals surface area contributed by atoms with Crippen LogP contribution in [0.15, 0.2) is 24.5 Å². The molecule has 1 aliphatic heterocycles. The first-order valence-electron chi connectivity index (χ1n) is 3.44. The normalized spacial score (nSPS) is 14.8. The molecule has 0 amide bonds. The molecule has 0 unspecified atom stereocenters. The first kappa shape index (κ1) is 6.37. The van der Waals surface area contributed by atoms with Gasteiger partial charge in [0.25, 0.3) is 0 Å². The van der Waals surface area contributed by atoms with Crippen molar-refractivity contribution in [3.05, 3.63) is 35.8 Å². The largest absolute Gasteiger partial charge is 0.289 e. The summed E-state index contributed by atoms with van der Waals surface area (Å²) in [6.07, 6.45) is 5.14. The molecule has 0 bridgehead atoms. The predicted octanol–water partition coefficient (Wildman–Crippen LogP) is 1.26. The number of hydrogen-bond donors (Lipinski definition) is 1. The van der Waals surface area contributed by atoms with E-state index in [0.717, 1.165) is 16.3 Å². The second kappa shape index (κ2) is 2.36. The summed E-state index contributed by atoms with van der Waals surface area (Å²) < 4.78 is 0. The van der Waals surface area contributed by atoms with Crippen molar-refractivity contribution in [3.8, 4) is 0 Å².